The molecule has 0 radical (unpaired) electrons. The Morgan fingerprint density at radius 3 is 2.74 bits per heavy atom. The first-order valence-corrected chi connectivity index (χ1v) is 12.2. The summed E-state index contributed by atoms with van der Waals surface area (Å²) >= 11 is 0. The first-order valence-electron chi connectivity index (χ1n) is 10.8. The molecule has 164 valence electrons. The number of carbonyl (C=O) groups is 2. The maximum Gasteiger partial charge on any atom is 0.255 e. The van der Waals surface area contributed by atoms with Gasteiger partial charge in [0.15, 0.2) is 0 Å². The van der Waals surface area contributed by atoms with Crippen LogP contribution in [0.3, 0.4) is 0 Å². The van der Waals surface area contributed by atoms with E-state index >= 15 is 0 Å². The molecule has 1 fully saturated rings. The lowest BCUT2D eigenvalue weighted by molar-refractivity contribution is -0.118. The Balaban J connectivity index is 1.41. The Kier molecular flexibility index (Phi) is 6.83. The van der Waals surface area contributed by atoms with E-state index in [1.54, 1.807) is 11.0 Å². The number of benzene rings is 2. The van der Waals surface area contributed by atoms with Gasteiger partial charge in [0.1, 0.15) is 0 Å². The molecule has 0 spiro atoms. The van der Waals surface area contributed by atoms with Crippen molar-refractivity contribution in [3.63, 3.8) is 0 Å². The summed E-state index contributed by atoms with van der Waals surface area (Å²) in [4.78, 5) is 26.7. The van der Waals surface area contributed by atoms with Crippen LogP contribution in [0, 0.1) is 0 Å². The van der Waals surface area contributed by atoms with Crippen molar-refractivity contribution in [2.75, 3.05) is 30.0 Å². The molecule has 2 aliphatic heterocycles. The van der Waals surface area contributed by atoms with Crippen LogP contribution in [0.4, 0.5) is 11.4 Å². The number of fused-ring (bicyclic) bond motifs is 1. The molecule has 6 nitrogen and oxygen atoms in total. The lowest BCUT2D eigenvalue weighted by Gasteiger charge is -2.21. The fourth-order valence-corrected chi connectivity index (χ4v) is 5.62. The number of anilines is 2. The van der Waals surface area contributed by atoms with Crippen LogP contribution in [-0.2, 0) is 32.5 Å². The van der Waals surface area contributed by atoms with Gasteiger partial charge < -0.3 is 15.0 Å². The van der Waals surface area contributed by atoms with Crippen molar-refractivity contribution in [3.8, 4) is 0 Å². The third-order valence-electron chi connectivity index (χ3n) is 5.87. The van der Waals surface area contributed by atoms with E-state index in [0.717, 1.165) is 36.1 Å². The minimum Gasteiger partial charge on any atom is -0.381 e. The molecule has 7 heteroatoms. The van der Waals surface area contributed by atoms with Gasteiger partial charge in [-0.05, 0) is 60.7 Å². The second-order valence-corrected chi connectivity index (χ2v) is 9.70. The zero-order chi connectivity index (χ0) is 21.8. The molecular formula is C24H28N2O4S. The van der Waals surface area contributed by atoms with Gasteiger partial charge in [-0.15, -0.1) is 0 Å². The van der Waals surface area contributed by atoms with Crippen LogP contribution in [-0.4, -0.2) is 41.0 Å². The molecule has 1 atom stereocenters. The number of amides is 2. The first-order chi connectivity index (χ1) is 15.0. The molecular weight excluding hydrogens is 412 g/mol. The van der Waals surface area contributed by atoms with Crippen LogP contribution in [0.1, 0.15) is 47.7 Å². The van der Waals surface area contributed by atoms with E-state index in [4.69, 9.17) is 4.74 Å². The summed E-state index contributed by atoms with van der Waals surface area (Å²) in [6, 6.07) is 13.1. The normalized spacial score (nSPS) is 17.3. The largest absolute Gasteiger partial charge is 0.381 e. The summed E-state index contributed by atoms with van der Waals surface area (Å²) < 4.78 is 18.0. The zero-order valence-corrected chi connectivity index (χ0v) is 18.6. The molecule has 0 saturated carbocycles. The van der Waals surface area contributed by atoms with Gasteiger partial charge in [0.2, 0.25) is 5.91 Å². The summed E-state index contributed by atoms with van der Waals surface area (Å²) in [5.41, 5.74) is 4.14. The SMILES string of the molecule is CCC(=O)N1CCc2cc(C(=O)Nc3cccc(CS(=O)C4CCOCC4)c3)ccc21. The van der Waals surface area contributed by atoms with Gasteiger partial charge in [0, 0.05) is 64.9 Å². The molecule has 2 aromatic rings. The molecule has 2 amide bonds. The van der Waals surface area contributed by atoms with E-state index in [1.165, 1.54) is 0 Å². The number of hydrogen-bond acceptors (Lipinski definition) is 4. The third-order valence-corrected chi connectivity index (χ3v) is 7.71. The average Bonchev–Trinajstić information content (AvgIpc) is 3.22. The number of carbonyl (C=O) groups excluding carboxylic acids is 2. The molecule has 2 aromatic carbocycles. The molecule has 0 bridgehead atoms. The van der Waals surface area contributed by atoms with Crippen molar-refractivity contribution in [1.29, 1.82) is 0 Å². The van der Waals surface area contributed by atoms with Crippen molar-refractivity contribution < 1.29 is 18.5 Å². The second kappa shape index (κ2) is 9.75. The maximum atomic E-state index is 12.8. The van der Waals surface area contributed by atoms with Crippen molar-refractivity contribution in [2.45, 2.75) is 43.6 Å². The Labute approximate surface area is 185 Å². The number of nitrogens with one attached hydrogen (secondary N) is 1. The number of ether oxygens (including phenoxy) is 1. The first kappa shape index (κ1) is 21.7. The van der Waals surface area contributed by atoms with Crippen molar-refractivity contribution in [2.24, 2.45) is 0 Å². The maximum absolute atomic E-state index is 12.8. The summed E-state index contributed by atoms with van der Waals surface area (Å²) in [7, 11) is -0.948. The van der Waals surface area contributed by atoms with Crippen LogP contribution < -0.4 is 10.2 Å². The van der Waals surface area contributed by atoms with Crippen molar-refractivity contribution in [3.05, 3.63) is 59.2 Å². The lowest BCUT2D eigenvalue weighted by Crippen LogP contribution is -2.27. The van der Waals surface area contributed by atoms with Gasteiger partial charge in [-0.25, -0.2) is 0 Å². The van der Waals surface area contributed by atoms with E-state index in [1.807, 2.05) is 43.3 Å². The monoisotopic (exact) mass is 440 g/mol. The molecule has 1 N–H and O–H groups in total. The van der Waals surface area contributed by atoms with Gasteiger partial charge in [-0.2, -0.15) is 0 Å². The topological polar surface area (TPSA) is 75.7 Å². The van der Waals surface area contributed by atoms with E-state index in [0.29, 0.717) is 43.2 Å². The van der Waals surface area contributed by atoms with Gasteiger partial charge >= 0.3 is 0 Å². The predicted molar refractivity (Wildman–Crippen MR) is 123 cm³/mol. The fraction of sp³-hybridized carbons (Fsp3) is 0.417. The minimum atomic E-state index is -0.948. The zero-order valence-electron chi connectivity index (χ0n) is 17.8. The average molecular weight is 441 g/mol. The Bertz CT molecular complexity index is 1000. The summed E-state index contributed by atoms with van der Waals surface area (Å²) in [5.74, 6) is 0.394. The van der Waals surface area contributed by atoms with Gasteiger partial charge in [0.25, 0.3) is 5.91 Å². The van der Waals surface area contributed by atoms with Crippen molar-refractivity contribution in [1.82, 2.24) is 0 Å². The van der Waals surface area contributed by atoms with Crippen LogP contribution in [0.25, 0.3) is 0 Å². The highest BCUT2D eigenvalue weighted by Gasteiger charge is 2.24. The number of hydrogen-bond donors (Lipinski definition) is 1. The third kappa shape index (κ3) is 5.05. The highest BCUT2D eigenvalue weighted by Crippen LogP contribution is 2.29. The number of nitrogens with zero attached hydrogens (tertiary/aromatic N) is 1. The smallest absolute Gasteiger partial charge is 0.255 e. The van der Waals surface area contributed by atoms with Crippen LogP contribution in [0.5, 0.6) is 0 Å². The van der Waals surface area contributed by atoms with Crippen LogP contribution in [0.2, 0.25) is 0 Å². The van der Waals surface area contributed by atoms with E-state index in [-0.39, 0.29) is 17.1 Å². The highest BCUT2D eigenvalue weighted by atomic mass is 32.2. The summed E-state index contributed by atoms with van der Waals surface area (Å²) in [5, 5.41) is 3.13. The lowest BCUT2D eigenvalue weighted by atomic mass is 10.1. The molecule has 4 rings (SSSR count). The molecule has 0 aliphatic carbocycles. The summed E-state index contributed by atoms with van der Waals surface area (Å²) in [6.45, 7) is 3.88. The quantitative estimate of drug-likeness (QED) is 0.744. The summed E-state index contributed by atoms with van der Waals surface area (Å²) in [6.07, 6.45) is 2.90. The Morgan fingerprint density at radius 1 is 1.16 bits per heavy atom. The molecule has 2 aliphatic rings. The molecule has 31 heavy (non-hydrogen) atoms. The highest BCUT2D eigenvalue weighted by molar-refractivity contribution is 7.84. The Morgan fingerprint density at radius 2 is 1.97 bits per heavy atom. The van der Waals surface area contributed by atoms with E-state index < -0.39 is 10.8 Å². The second-order valence-electron chi connectivity index (χ2n) is 7.98. The standard InChI is InChI=1S/C24H28N2O4S/c1-2-23(27)26-11-8-18-15-19(6-7-22(18)26)24(28)25-20-5-3-4-17(14-20)16-31(29)21-9-12-30-13-10-21/h3-7,14-15,21H,2,8-13,16H2,1H3,(H,25,28). The van der Waals surface area contributed by atoms with Gasteiger partial charge in [-0.1, -0.05) is 19.1 Å². The fourth-order valence-electron chi connectivity index (χ4n) is 4.16. The number of rotatable bonds is 6. The molecule has 1 saturated heterocycles. The minimum absolute atomic E-state index is 0.103. The Hall–Kier alpha value is -2.51. The molecule has 2 heterocycles. The van der Waals surface area contributed by atoms with E-state index in [2.05, 4.69) is 5.32 Å². The predicted octanol–water partition coefficient (Wildman–Crippen LogP) is 3.67. The van der Waals surface area contributed by atoms with Gasteiger partial charge in [-0.3, -0.25) is 13.8 Å². The molecule has 1 unspecified atom stereocenters. The van der Waals surface area contributed by atoms with Crippen molar-refractivity contribution >= 4 is 34.0 Å². The van der Waals surface area contributed by atoms with Crippen LogP contribution in [0.15, 0.2) is 42.5 Å². The van der Waals surface area contributed by atoms with Gasteiger partial charge in [0.05, 0.1) is 0 Å². The molecule has 0 aromatic heterocycles. The van der Waals surface area contributed by atoms with E-state index in [9.17, 15) is 13.8 Å². The van der Waals surface area contributed by atoms with Crippen LogP contribution >= 0.6 is 0 Å².